The second kappa shape index (κ2) is 7.38. The summed E-state index contributed by atoms with van der Waals surface area (Å²) in [4.78, 5) is 2.52. The molecule has 5 heteroatoms. The molecule has 1 saturated carbocycles. The summed E-state index contributed by atoms with van der Waals surface area (Å²) in [6.45, 7) is 6.71. The summed E-state index contributed by atoms with van der Waals surface area (Å²) in [5.41, 5.74) is 1.01. The number of nitrogens with zero attached hydrogens (tertiary/aromatic N) is 2. The zero-order valence-corrected chi connectivity index (χ0v) is 13.0. The Balaban J connectivity index is 1.55. The number of nitrogens with one attached hydrogen (secondary N) is 1. The third-order valence-corrected chi connectivity index (χ3v) is 4.55. The second-order valence-electron chi connectivity index (χ2n) is 6.19. The summed E-state index contributed by atoms with van der Waals surface area (Å²) in [6.07, 6.45) is 6.67. The van der Waals surface area contributed by atoms with E-state index < -0.39 is 0 Å². The molecule has 0 aromatic carbocycles. The van der Waals surface area contributed by atoms with Crippen LogP contribution in [0.15, 0.2) is 10.6 Å². The molecule has 2 unspecified atom stereocenters. The van der Waals surface area contributed by atoms with Crippen molar-refractivity contribution in [1.29, 1.82) is 0 Å². The first-order chi connectivity index (χ1) is 10.4. The zero-order valence-electron chi connectivity index (χ0n) is 13.0. The molecule has 0 spiro atoms. The highest BCUT2D eigenvalue weighted by atomic mass is 16.5. The predicted molar refractivity (Wildman–Crippen MR) is 80.9 cm³/mol. The van der Waals surface area contributed by atoms with Gasteiger partial charge in [0.1, 0.15) is 0 Å². The molecule has 3 rings (SSSR count). The first-order valence-electron chi connectivity index (χ1n) is 8.37. The molecule has 0 bridgehead atoms. The molecule has 1 N–H and O–H groups in total. The van der Waals surface area contributed by atoms with Gasteiger partial charge in [-0.15, -0.1) is 0 Å². The van der Waals surface area contributed by atoms with Gasteiger partial charge in [-0.05, 0) is 25.8 Å². The molecule has 1 aromatic heterocycles. The summed E-state index contributed by atoms with van der Waals surface area (Å²) < 4.78 is 11.4. The first-order valence-corrected chi connectivity index (χ1v) is 8.37. The minimum Gasteiger partial charge on any atom is -0.375 e. The molecular formula is C16H27N3O2. The highest BCUT2D eigenvalue weighted by molar-refractivity contribution is 5.06. The van der Waals surface area contributed by atoms with Crippen LogP contribution in [0.3, 0.4) is 0 Å². The van der Waals surface area contributed by atoms with Crippen molar-refractivity contribution in [1.82, 2.24) is 15.4 Å². The molecule has 21 heavy (non-hydrogen) atoms. The van der Waals surface area contributed by atoms with Crippen LogP contribution in [-0.2, 0) is 17.8 Å². The second-order valence-corrected chi connectivity index (χ2v) is 6.19. The van der Waals surface area contributed by atoms with Crippen molar-refractivity contribution in [3.8, 4) is 0 Å². The van der Waals surface area contributed by atoms with Crippen molar-refractivity contribution >= 4 is 0 Å². The Morgan fingerprint density at radius 1 is 1.38 bits per heavy atom. The van der Waals surface area contributed by atoms with Crippen LogP contribution in [0, 0.1) is 0 Å². The van der Waals surface area contributed by atoms with Gasteiger partial charge in [-0.2, -0.15) is 0 Å². The average Bonchev–Trinajstić information content (AvgIpc) is 2.96. The molecule has 1 saturated heterocycles. The highest BCUT2D eigenvalue weighted by Crippen LogP contribution is 2.29. The number of ether oxygens (including phenoxy) is 1. The van der Waals surface area contributed by atoms with Crippen LogP contribution in [-0.4, -0.2) is 41.9 Å². The maximum Gasteiger partial charge on any atom is 0.151 e. The molecule has 2 heterocycles. The van der Waals surface area contributed by atoms with Crippen LogP contribution in [0.25, 0.3) is 0 Å². The van der Waals surface area contributed by atoms with E-state index in [2.05, 4.69) is 28.4 Å². The van der Waals surface area contributed by atoms with Gasteiger partial charge in [0.25, 0.3) is 0 Å². The number of hydrogen-bond acceptors (Lipinski definition) is 5. The van der Waals surface area contributed by atoms with Crippen molar-refractivity contribution in [3.05, 3.63) is 17.5 Å². The molecule has 2 fully saturated rings. The fourth-order valence-corrected chi connectivity index (χ4v) is 3.48. The van der Waals surface area contributed by atoms with Crippen molar-refractivity contribution in [2.24, 2.45) is 0 Å². The van der Waals surface area contributed by atoms with Gasteiger partial charge in [-0.1, -0.05) is 24.9 Å². The molecule has 5 nitrogen and oxygen atoms in total. The number of rotatable bonds is 6. The van der Waals surface area contributed by atoms with Gasteiger partial charge >= 0.3 is 0 Å². The lowest BCUT2D eigenvalue weighted by Gasteiger charge is -2.43. The monoisotopic (exact) mass is 293 g/mol. The quantitative estimate of drug-likeness (QED) is 0.816. The van der Waals surface area contributed by atoms with Crippen LogP contribution < -0.4 is 5.32 Å². The van der Waals surface area contributed by atoms with E-state index in [0.29, 0.717) is 12.1 Å². The molecule has 2 aliphatic rings. The smallest absolute Gasteiger partial charge is 0.151 e. The maximum atomic E-state index is 5.92. The van der Waals surface area contributed by atoms with Crippen LogP contribution in [0.4, 0.5) is 0 Å². The summed E-state index contributed by atoms with van der Waals surface area (Å²) in [6, 6.07) is 2.66. The van der Waals surface area contributed by atoms with Gasteiger partial charge in [-0.3, -0.25) is 4.90 Å². The number of fused-ring (bicyclic) bond motifs is 1. The summed E-state index contributed by atoms with van der Waals surface area (Å²) in [5, 5.41) is 7.52. The van der Waals surface area contributed by atoms with E-state index >= 15 is 0 Å². The molecule has 1 aromatic rings. The number of hydrogen-bond donors (Lipinski definition) is 1. The predicted octanol–water partition coefficient (Wildman–Crippen LogP) is 2.32. The third-order valence-electron chi connectivity index (χ3n) is 4.55. The SMILES string of the molecule is CCCNCc1cc(CN2CCOC3CCCCC32)on1. The van der Waals surface area contributed by atoms with Crippen LogP contribution in [0.5, 0.6) is 0 Å². The van der Waals surface area contributed by atoms with Crippen molar-refractivity contribution < 1.29 is 9.26 Å². The fraction of sp³-hybridized carbons (Fsp3) is 0.812. The Labute approximate surface area is 127 Å². The Morgan fingerprint density at radius 3 is 3.19 bits per heavy atom. The normalized spacial score (nSPS) is 26.7. The van der Waals surface area contributed by atoms with E-state index in [0.717, 1.165) is 50.7 Å². The fourth-order valence-electron chi connectivity index (χ4n) is 3.48. The van der Waals surface area contributed by atoms with Gasteiger partial charge < -0.3 is 14.6 Å². The van der Waals surface area contributed by atoms with Crippen molar-refractivity contribution in [2.45, 2.75) is 64.3 Å². The Morgan fingerprint density at radius 2 is 2.29 bits per heavy atom. The van der Waals surface area contributed by atoms with Gasteiger partial charge in [-0.25, -0.2) is 0 Å². The number of morpholine rings is 1. The van der Waals surface area contributed by atoms with E-state index in [4.69, 9.17) is 9.26 Å². The minimum atomic E-state index is 0.432. The third kappa shape index (κ3) is 3.84. The lowest BCUT2D eigenvalue weighted by Crippen LogP contribution is -2.52. The molecule has 0 radical (unpaired) electrons. The number of aromatic nitrogens is 1. The standard InChI is InChI=1S/C16H27N3O2/c1-2-7-17-11-13-10-14(21-18-13)12-19-8-9-20-16-6-4-3-5-15(16)19/h10,15-17H,2-9,11-12H2,1H3. The minimum absolute atomic E-state index is 0.432. The van der Waals surface area contributed by atoms with Gasteiger partial charge in [0, 0.05) is 25.2 Å². The summed E-state index contributed by atoms with van der Waals surface area (Å²) >= 11 is 0. The largest absolute Gasteiger partial charge is 0.375 e. The van der Waals surface area contributed by atoms with E-state index in [-0.39, 0.29) is 0 Å². The van der Waals surface area contributed by atoms with Gasteiger partial charge in [0.05, 0.1) is 24.9 Å². The molecule has 1 aliphatic heterocycles. The maximum absolute atomic E-state index is 5.92. The Hall–Kier alpha value is -0.910. The Bertz CT molecular complexity index is 433. The lowest BCUT2D eigenvalue weighted by molar-refractivity contribution is -0.0929. The summed E-state index contributed by atoms with van der Waals surface area (Å²) in [7, 11) is 0. The molecular weight excluding hydrogens is 266 g/mol. The highest BCUT2D eigenvalue weighted by Gasteiger charge is 2.34. The average molecular weight is 293 g/mol. The molecule has 118 valence electrons. The van der Waals surface area contributed by atoms with E-state index in [1.54, 1.807) is 0 Å². The lowest BCUT2D eigenvalue weighted by atomic mass is 9.90. The van der Waals surface area contributed by atoms with Crippen LogP contribution in [0.1, 0.15) is 50.5 Å². The van der Waals surface area contributed by atoms with E-state index in [1.807, 2.05) is 0 Å². The molecule has 2 atom stereocenters. The molecule has 1 aliphatic carbocycles. The van der Waals surface area contributed by atoms with Crippen LogP contribution >= 0.6 is 0 Å². The van der Waals surface area contributed by atoms with E-state index in [9.17, 15) is 0 Å². The van der Waals surface area contributed by atoms with Gasteiger partial charge in [0.2, 0.25) is 0 Å². The Kier molecular flexibility index (Phi) is 5.27. The van der Waals surface area contributed by atoms with Crippen LogP contribution in [0.2, 0.25) is 0 Å². The van der Waals surface area contributed by atoms with Crippen molar-refractivity contribution in [2.75, 3.05) is 19.7 Å². The van der Waals surface area contributed by atoms with E-state index in [1.165, 1.54) is 25.7 Å². The van der Waals surface area contributed by atoms with Gasteiger partial charge in [0.15, 0.2) is 5.76 Å². The molecule has 0 amide bonds. The summed E-state index contributed by atoms with van der Waals surface area (Å²) in [5.74, 6) is 0.981. The topological polar surface area (TPSA) is 50.5 Å². The first kappa shape index (κ1) is 15.0. The van der Waals surface area contributed by atoms with Crippen molar-refractivity contribution in [3.63, 3.8) is 0 Å². The zero-order chi connectivity index (χ0) is 14.5.